The van der Waals surface area contributed by atoms with Crippen molar-refractivity contribution in [3.63, 3.8) is 0 Å². The molecule has 0 aliphatic heterocycles. The third-order valence-electron chi connectivity index (χ3n) is 3.54. The lowest BCUT2D eigenvalue weighted by molar-refractivity contribution is 0.252. The van der Waals surface area contributed by atoms with E-state index in [2.05, 4.69) is 25.7 Å². The molecular formula is C17H20N6O2. The first-order valence-electron chi connectivity index (χ1n) is 8.16. The molecule has 0 saturated carbocycles. The lowest BCUT2D eigenvalue weighted by Gasteiger charge is -2.08. The van der Waals surface area contributed by atoms with E-state index >= 15 is 0 Å². The van der Waals surface area contributed by atoms with Gasteiger partial charge in [0, 0.05) is 24.6 Å². The number of nitrogens with one attached hydrogen (secondary N) is 2. The molecule has 3 aromatic rings. The molecule has 3 rings (SSSR count). The largest absolute Gasteiger partial charge is 0.494 e. The number of benzene rings is 1. The molecule has 1 aromatic carbocycles. The van der Waals surface area contributed by atoms with E-state index in [1.54, 1.807) is 10.7 Å². The van der Waals surface area contributed by atoms with E-state index in [0.29, 0.717) is 18.9 Å². The van der Waals surface area contributed by atoms with Crippen molar-refractivity contribution in [3.05, 3.63) is 48.5 Å². The summed E-state index contributed by atoms with van der Waals surface area (Å²) in [6.07, 6.45) is 6.75. The first kappa shape index (κ1) is 16.7. The third kappa shape index (κ3) is 4.66. The smallest absolute Gasteiger partial charge is 0.319 e. The van der Waals surface area contributed by atoms with Gasteiger partial charge in [-0.05, 0) is 49.6 Å². The van der Waals surface area contributed by atoms with Gasteiger partial charge in [-0.3, -0.25) is 0 Å². The van der Waals surface area contributed by atoms with Crippen LogP contribution < -0.4 is 15.4 Å². The summed E-state index contributed by atoms with van der Waals surface area (Å²) in [5, 5.41) is 9.68. The summed E-state index contributed by atoms with van der Waals surface area (Å²) in [7, 11) is 0. The summed E-state index contributed by atoms with van der Waals surface area (Å²) in [5.41, 5.74) is 1.77. The molecule has 0 spiro atoms. The molecule has 0 saturated heterocycles. The number of aromatic nitrogens is 4. The SMILES string of the molecule is CCOc1ccc(NC(=O)NCCCc2cnc3ncnn3c2)cc1. The molecule has 8 heteroatoms. The first-order chi connectivity index (χ1) is 12.2. The number of anilines is 1. The highest BCUT2D eigenvalue weighted by Gasteiger charge is 2.03. The van der Waals surface area contributed by atoms with Gasteiger partial charge < -0.3 is 15.4 Å². The van der Waals surface area contributed by atoms with Crippen molar-refractivity contribution < 1.29 is 9.53 Å². The van der Waals surface area contributed by atoms with Crippen molar-refractivity contribution in [2.75, 3.05) is 18.5 Å². The average Bonchev–Trinajstić information content (AvgIpc) is 3.08. The maximum absolute atomic E-state index is 11.9. The number of nitrogens with zero attached hydrogens (tertiary/aromatic N) is 4. The third-order valence-corrected chi connectivity index (χ3v) is 3.54. The number of ether oxygens (including phenoxy) is 1. The zero-order chi connectivity index (χ0) is 17.5. The van der Waals surface area contributed by atoms with E-state index in [9.17, 15) is 4.79 Å². The van der Waals surface area contributed by atoms with Crippen LogP contribution in [-0.4, -0.2) is 38.8 Å². The fourth-order valence-electron chi connectivity index (χ4n) is 2.36. The van der Waals surface area contributed by atoms with E-state index in [0.717, 1.165) is 29.8 Å². The second-order valence-electron chi connectivity index (χ2n) is 5.41. The number of carbonyl (C=O) groups is 1. The second kappa shape index (κ2) is 8.09. The van der Waals surface area contributed by atoms with Gasteiger partial charge in [0.2, 0.25) is 0 Å². The highest BCUT2D eigenvalue weighted by atomic mass is 16.5. The Morgan fingerprint density at radius 2 is 2.08 bits per heavy atom. The topological polar surface area (TPSA) is 93.4 Å². The molecule has 0 fully saturated rings. The number of carbonyl (C=O) groups excluding carboxylic acids is 1. The Morgan fingerprint density at radius 1 is 1.24 bits per heavy atom. The van der Waals surface area contributed by atoms with Gasteiger partial charge in [-0.2, -0.15) is 10.1 Å². The predicted octanol–water partition coefficient (Wildman–Crippen LogP) is 2.28. The van der Waals surface area contributed by atoms with Crippen LogP contribution in [0, 0.1) is 0 Å². The molecule has 0 bridgehead atoms. The lowest BCUT2D eigenvalue weighted by atomic mass is 10.2. The predicted molar refractivity (Wildman–Crippen MR) is 93.7 cm³/mol. The molecule has 2 amide bonds. The van der Waals surface area contributed by atoms with Crippen molar-refractivity contribution in [1.29, 1.82) is 0 Å². The fraction of sp³-hybridized carbons (Fsp3) is 0.294. The van der Waals surface area contributed by atoms with Gasteiger partial charge in [0.25, 0.3) is 5.78 Å². The Labute approximate surface area is 145 Å². The monoisotopic (exact) mass is 340 g/mol. The first-order valence-corrected chi connectivity index (χ1v) is 8.16. The van der Waals surface area contributed by atoms with E-state index in [-0.39, 0.29) is 6.03 Å². The lowest BCUT2D eigenvalue weighted by Crippen LogP contribution is -2.29. The Morgan fingerprint density at radius 3 is 2.88 bits per heavy atom. The van der Waals surface area contributed by atoms with Crippen LogP contribution in [0.25, 0.3) is 5.78 Å². The average molecular weight is 340 g/mol. The summed E-state index contributed by atoms with van der Waals surface area (Å²) in [6.45, 7) is 3.12. The molecule has 0 unspecified atom stereocenters. The van der Waals surface area contributed by atoms with Gasteiger partial charge in [-0.25, -0.2) is 14.3 Å². The van der Waals surface area contributed by atoms with Crippen LogP contribution >= 0.6 is 0 Å². The summed E-state index contributed by atoms with van der Waals surface area (Å²) in [5.74, 6) is 1.36. The van der Waals surface area contributed by atoms with Crippen LogP contribution in [0.2, 0.25) is 0 Å². The van der Waals surface area contributed by atoms with E-state index < -0.39 is 0 Å². The van der Waals surface area contributed by atoms with Gasteiger partial charge in [-0.1, -0.05) is 0 Å². The molecule has 0 atom stereocenters. The molecule has 2 aromatic heterocycles. The maximum Gasteiger partial charge on any atom is 0.319 e. The van der Waals surface area contributed by atoms with Gasteiger partial charge in [0.05, 0.1) is 6.61 Å². The molecule has 2 heterocycles. The quantitative estimate of drug-likeness (QED) is 0.644. The standard InChI is InChI=1S/C17H20N6O2/c1-2-25-15-7-5-14(6-8-15)22-17(24)18-9-3-4-13-10-19-16-20-12-21-23(16)11-13/h5-8,10-12H,2-4,9H2,1H3,(H2,18,22,24). The van der Waals surface area contributed by atoms with Gasteiger partial charge in [0.15, 0.2) is 0 Å². The van der Waals surface area contributed by atoms with Gasteiger partial charge in [0.1, 0.15) is 12.1 Å². The number of amides is 2. The normalized spacial score (nSPS) is 10.6. The minimum atomic E-state index is -0.228. The molecule has 130 valence electrons. The number of hydrogen-bond donors (Lipinski definition) is 2. The Bertz CT molecular complexity index is 831. The van der Waals surface area contributed by atoms with Crippen molar-refractivity contribution in [2.24, 2.45) is 0 Å². The van der Waals surface area contributed by atoms with Crippen molar-refractivity contribution in [3.8, 4) is 5.75 Å². The molecule has 8 nitrogen and oxygen atoms in total. The van der Waals surface area contributed by atoms with Gasteiger partial charge >= 0.3 is 6.03 Å². The Balaban J connectivity index is 1.40. The van der Waals surface area contributed by atoms with E-state index in [4.69, 9.17) is 4.74 Å². The summed E-state index contributed by atoms with van der Waals surface area (Å²) in [4.78, 5) is 20.1. The maximum atomic E-state index is 11.9. The summed E-state index contributed by atoms with van der Waals surface area (Å²) in [6, 6.07) is 7.04. The van der Waals surface area contributed by atoms with Crippen LogP contribution in [0.1, 0.15) is 18.9 Å². The van der Waals surface area contributed by atoms with Crippen LogP contribution in [0.4, 0.5) is 10.5 Å². The van der Waals surface area contributed by atoms with Crippen LogP contribution in [0.5, 0.6) is 5.75 Å². The Kier molecular flexibility index (Phi) is 5.40. The minimum Gasteiger partial charge on any atom is -0.494 e. The highest BCUT2D eigenvalue weighted by molar-refractivity contribution is 5.89. The van der Waals surface area contributed by atoms with Crippen molar-refractivity contribution in [2.45, 2.75) is 19.8 Å². The number of urea groups is 1. The molecule has 0 aliphatic rings. The van der Waals surface area contributed by atoms with Crippen molar-refractivity contribution in [1.82, 2.24) is 24.9 Å². The number of aryl methyl sites for hydroxylation is 1. The minimum absolute atomic E-state index is 0.228. The van der Waals surface area contributed by atoms with Crippen molar-refractivity contribution >= 4 is 17.5 Å². The van der Waals surface area contributed by atoms with Crippen LogP contribution in [-0.2, 0) is 6.42 Å². The van der Waals surface area contributed by atoms with E-state index in [1.807, 2.05) is 37.4 Å². The summed E-state index contributed by atoms with van der Waals surface area (Å²) >= 11 is 0. The molecule has 0 radical (unpaired) electrons. The number of rotatable bonds is 7. The number of hydrogen-bond acceptors (Lipinski definition) is 5. The zero-order valence-corrected chi connectivity index (χ0v) is 14.0. The molecule has 0 aliphatic carbocycles. The highest BCUT2D eigenvalue weighted by Crippen LogP contribution is 2.15. The Hall–Kier alpha value is -3.16. The molecule has 2 N–H and O–H groups in total. The fourth-order valence-corrected chi connectivity index (χ4v) is 2.36. The second-order valence-corrected chi connectivity index (χ2v) is 5.41. The van der Waals surface area contributed by atoms with Gasteiger partial charge in [-0.15, -0.1) is 0 Å². The van der Waals surface area contributed by atoms with Crippen LogP contribution in [0.3, 0.4) is 0 Å². The molecule has 25 heavy (non-hydrogen) atoms. The molecular weight excluding hydrogens is 320 g/mol. The van der Waals surface area contributed by atoms with E-state index in [1.165, 1.54) is 6.33 Å². The summed E-state index contributed by atoms with van der Waals surface area (Å²) < 4.78 is 7.01. The van der Waals surface area contributed by atoms with Crippen LogP contribution in [0.15, 0.2) is 43.0 Å². The zero-order valence-electron chi connectivity index (χ0n) is 14.0. The number of fused-ring (bicyclic) bond motifs is 1.